The van der Waals surface area contributed by atoms with E-state index in [2.05, 4.69) is 15.1 Å². The van der Waals surface area contributed by atoms with Gasteiger partial charge in [-0.3, -0.25) is 9.59 Å². The van der Waals surface area contributed by atoms with Crippen LogP contribution in [-0.4, -0.2) is 72.6 Å². The first kappa shape index (κ1) is 19.4. The molecule has 0 unspecified atom stereocenters. The van der Waals surface area contributed by atoms with Gasteiger partial charge < -0.3 is 14.2 Å². The third-order valence-electron chi connectivity index (χ3n) is 4.84. The van der Waals surface area contributed by atoms with Crippen LogP contribution >= 0.6 is 11.8 Å². The third-order valence-corrected chi connectivity index (χ3v) is 5.78. The molecule has 1 aliphatic rings. The highest BCUT2D eigenvalue weighted by atomic mass is 32.2. The second-order valence-corrected chi connectivity index (χ2v) is 8.31. The molecule has 1 aliphatic heterocycles. The number of furan rings is 1. The number of rotatable bonds is 4. The van der Waals surface area contributed by atoms with Crippen molar-refractivity contribution >= 4 is 29.4 Å². The fourth-order valence-electron chi connectivity index (χ4n) is 3.35. The number of piperazine rings is 1. The van der Waals surface area contributed by atoms with Crippen molar-refractivity contribution in [3.05, 3.63) is 41.6 Å². The SMILES string of the molecule is Cc1cc(C)n2nc(S[C@@H](C)C(=O)N3CCN(C(=O)c4ccco4)CC3)nc2n1. The van der Waals surface area contributed by atoms with Gasteiger partial charge in [-0.1, -0.05) is 11.8 Å². The van der Waals surface area contributed by atoms with E-state index in [1.54, 1.807) is 26.4 Å². The summed E-state index contributed by atoms with van der Waals surface area (Å²) in [7, 11) is 0. The molecular weight excluding hydrogens is 392 g/mol. The number of fused-ring (bicyclic) bond motifs is 1. The number of hydrogen-bond donors (Lipinski definition) is 0. The first-order valence-corrected chi connectivity index (χ1v) is 10.3. The van der Waals surface area contributed by atoms with E-state index in [4.69, 9.17) is 4.42 Å². The largest absolute Gasteiger partial charge is 0.459 e. The predicted octanol–water partition coefficient (Wildman–Crippen LogP) is 1.80. The lowest BCUT2D eigenvalue weighted by molar-refractivity contribution is -0.131. The second-order valence-electron chi connectivity index (χ2n) is 7.00. The summed E-state index contributed by atoms with van der Waals surface area (Å²) in [4.78, 5) is 37.5. The van der Waals surface area contributed by atoms with Gasteiger partial charge in [-0.25, -0.2) is 9.50 Å². The molecule has 4 rings (SSSR count). The summed E-state index contributed by atoms with van der Waals surface area (Å²) >= 11 is 1.32. The van der Waals surface area contributed by atoms with Gasteiger partial charge in [-0.2, -0.15) is 4.98 Å². The molecule has 0 aliphatic carbocycles. The Bertz CT molecular complexity index is 1040. The van der Waals surface area contributed by atoms with E-state index in [1.165, 1.54) is 18.0 Å². The van der Waals surface area contributed by atoms with Crippen molar-refractivity contribution in [1.82, 2.24) is 29.4 Å². The lowest BCUT2D eigenvalue weighted by Gasteiger charge is -2.35. The molecule has 9 nitrogen and oxygen atoms in total. The molecule has 0 spiro atoms. The zero-order valence-corrected chi connectivity index (χ0v) is 17.3. The molecule has 152 valence electrons. The fourth-order valence-corrected chi connectivity index (χ4v) is 4.18. The second kappa shape index (κ2) is 7.86. The number of aromatic nitrogens is 4. The van der Waals surface area contributed by atoms with Gasteiger partial charge in [0.05, 0.1) is 11.5 Å². The van der Waals surface area contributed by atoms with E-state index in [0.717, 1.165) is 11.4 Å². The van der Waals surface area contributed by atoms with Crippen LogP contribution in [0.5, 0.6) is 0 Å². The molecule has 3 aromatic heterocycles. The first-order chi connectivity index (χ1) is 13.9. The number of carbonyl (C=O) groups excluding carboxylic acids is 2. The summed E-state index contributed by atoms with van der Waals surface area (Å²) < 4.78 is 6.86. The molecule has 1 fully saturated rings. The summed E-state index contributed by atoms with van der Waals surface area (Å²) in [5, 5.41) is 4.65. The van der Waals surface area contributed by atoms with Crippen molar-refractivity contribution in [2.45, 2.75) is 31.2 Å². The maximum Gasteiger partial charge on any atom is 0.289 e. The highest BCUT2D eigenvalue weighted by Crippen LogP contribution is 2.23. The lowest BCUT2D eigenvalue weighted by Crippen LogP contribution is -2.52. The zero-order chi connectivity index (χ0) is 20.5. The van der Waals surface area contributed by atoms with Crippen LogP contribution in [0, 0.1) is 13.8 Å². The van der Waals surface area contributed by atoms with Gasteiger partial charge in [-0.15, -0.1) is 5.10 Å². The number of thioether (sulfide) groups is 1. The Balaban J connectivity index is 1.36. The molecule has 0 N–H and O–H groups in total. The average Bonchev–Trinajstić information content (AvgIpc) is 3.37. The Morgan fingerprint density at radius 2 is 1.86 bits per heavy atom. The standard InChI is InChI=1S/C19H22N6O3S/c1-12-11-13(2)25-18(20-12)21-19(22-25)29-14(3)16(26)23-6-8-24(9-7-23)17(27)15-5-4-10-28-15/h4-5,10-11,14H,6-9H2,1-3H3/t14-/m0/s1. The van der Waals surface area contributed by atoms with Gasteiger partial charge in [0.25, 0.3) is 11.7 Å². The predicted molar refractivity (Wildman–Crippen MR) is 107 cm³/mol. The van der Waals surface area contributed by atoms with Gasteiger partial charge >= 0.3 is 0 Å². The smallest absolute Gasteiger partial charge is 0.289 e. The molecule has 10 heteroatoms. The first-order valence-electron chi connectivity index (χ1n) is 9.41. The van der Waals surface area contributed by atoms with Crippen LogP contribution in [0.4, 0.5) is 0 Å². The monoisotopic (exact) mass is 414 g/mol. The third kappa shape index (κ3) is 3.98. The minimum Gasteiger partial charge on any atom is -0.459 e. The summed E-state index contributed by atoms with van der Waals surface area (Å²) in [6.07, 6.45) is 1.48. The fraction of sp³-hybridized carbons (Fsp3) is 0.421. The maximum absolute atomic E-state index is 12.8. The van der Waals surface area contributed by atoms with Crippen LogP contribution in [0.15, 0.2) is 34.0 Å². The van der Waals surface area contributed by atoms with E-state index in [0.29, 0.717) is 42.9 Å². The van der Waals surface area contributed by atoms with Crippen molar-refractivity contribution in [3.8, 4) is 0 Å². The van der Waals surface area contributed by atoms with E-state index in [-0.39, 0.29) is 17.1 Å². The van der Waals surface area contributed by atoms with Crippen molar-refractivity contribution in [3.63, 3.8) is 0 Å². The Kier molecular flexibility index (Phi) is 5.27. The summed E-state index contributed by atoms with van der Waals surface area (Å²) in [5.41, 5.74) is 1.83. The summed E-state index contributed by atoms with van der Waals surface area (Å²) in [5.74, 6) is 0.733. The summed E-state index contributed by atoms with van der Waals surface area (Å²) in [6.45, 7) is 7.67. The highest BCUT2D eigenvalue weighted by Gasteiger charge is 2.29. The molecule has 0 bridgehead atoms. The average molecular weight is 414 g/mol. The Morgan fingerprint density at radius 1 is 1.14 bits per heavy atom. The Morgan fingerprint density at radius 3 is 2.55 bits per heavy atom. The quantitative estimate of drug-likeness (QED) is 0.601. The van der Waals surface area contributed by atoms with Gasteiger partial charge in [-0.05, 0) is 39.0 Å². The molecule has 1 atom stereocenters. The maximum atomic E-state index is 12.8. The minimum atomic E-state index is -0.332. The Labute approximate surface area is 172 Å². The van der Waals surface area contributed by atoms with Crippen molar-refractivity contribution in [2.24, 2.45) is 0 Å². The molecular formula is C19H22N6O3S. The molecule has 2 amide bonds. The Hall–Kier alpha value is -2.88. The van der Waals surface area contributed by atoms with Gasteiger partial charge in [0, 0.05) is 37.6 Å². The lowest BCUT2D eigenvalue weighted by atomic mass is 10.2. The number of hydrogen-bond acceptors (Lipinski definition) is 7. The van der Waals surface area contributed by atoms with E-state index >= 15 is 0 Å². The number of aryl methyl sites for hydroxylation is 2. The minimum absolute atomic E-state index is 0.0137. The molecule has 0 saturated carbocycles. The van der Waals surface area contributed by atoms with Crippen molar-refractivity contribution in [1.29, 1.82) is 0 Å². The van der Waals surface area contributed by atoms with Crippen molar-refractivity contribution in [2.75, 3.05) is 26.2 Å². The molecule has 1 saturated heterocycles. The van der Waals surface area contributed by atoms with Crippen LogP contribution in [0.2, 0.25) is 0 Å². The summed E-state index contributed by atoms with van der Waals surface area (Å²) in [6, 6.07) is 5.28. The van der Waals surface area contributed by atoms with Gasteiger partial charge in [0.1, 0.15) is 0 Å². The normalized spacial score (nSPS) is 15.7. The highest BCUT2D eigenvalue weighted by molar-refractivity contribution is 8.00. The van der Waals surface area contributed by atoms with E-state index < -0.39 is 0 Å². The number of carbonyl (C=O) groups is 2. The van der Waals surface area contributed by atoms with E-state index in [1.807, 2.05) is 26.8 Å². The zero-order valence-electron chi connectivity index (χ0n) is 16.5. The van der Waals surface area contributed by atoms with Gasteiger partial charge in [0.2, 0.25) is 11.1 Å². The van der Waals surface area contributed by atoms with Crippen LogP contribution in [0.3, 0.4) is 0 Å². The number of nitrogens with zero attached hydrogens (tertiary/aromatic N) is 6. The van der Waals surface area contributed by atoms with Crippen LogP contribution in [0.1, 0.15) is 28.9 Å². The van der Waals surface area contributed by atoms with Crippen LogP contribution in [-0.2, 0) is 4.79 Å². The topological polar surface area (TPSA) is 96.8 Å². The van der Waals surface area contributed by atoms with Crippen LogP contribution in [0.25, 0.3) is 5.78 Å². The van der Waals surface area contributed by atoms with Crippen LogP contribution < -0.4 is 0 Å². The molecule has 29 heavy (non-hydrogen) atoms. The molecule has 4 heterocycles. The number of amides is 2. The molecule has 0 aromatic carbocycles. The molecule has 3 aromatic rings. The van der Waals surface area contributed by atoms with E-state index in [9.17, 15) is 9.59 Å². The van der Waals surface area contributed by atoms with Gasteiger partial charge in [0.15, 0.2) is 5.76 Å². The van der Waals surface area contributed by atoms with Crippen molar-refractivity contribution < 1.29 is 14.0 Å². The molecule has 0 radical (unpaired) electrons.